The molecule has 19 heavy (non-hydrogen) atoms. The summed E-state index contributed by atoms with van der Waals surface area (Å²) in [7, 11) is 0. The zero-order valence-corrected chi connectivity index (χ0v) is 12.9. The summed E-state index contributed by atoms with van der Waals surface area (Å²) >= 11 is 0. The van der Waals surface area contributed by atoms with Crippen LogP contribution in [0.25, 0.3) is 0 Å². The van der Waals surface area contributed by atoms with Gasteiger partial charge in [0.1, 0.15) is 0 Å². The van der Waals surface area contributed by atoms with Crippen LogP contribution < -0.4 is 10.6 Å². The summed E-state index contributed by atoms with van der Waals surface area (Å²) in [4.78, 5) is 14.0. The van der Waals surface area contributed by atoms with Crippen LogP contribution >= 0.6 is 0 Å². The van der Waals surface area contributed by atoms with Crippen LogP contribution in [0.5, 0.6) is 0 Å². The van der Waals surface area contributed by atoms with Crippen molar-refractivity contribution in [3.8, 4) is 0 Å². The average molecular weight is 269 g/mol. The summed E-state index contributed by atoms with van der Waals surface area (Å²) < 4.78 is 0. The highest BCUT2D eigenvalue weighted by molar-refractivity contribution is 5.76. The molecule has 1 saturated heterocycles. The highest BCUT2D eigenvalue weighted by atomic mass is 16.1. The Labute approximate surface area is 118 Å². The van der Waals surface area contributed by atoms with Gasteiger partial charge in [-0.1, -0.05) is 6.92 Å². The fourth-order valence-electron chi connectivity index (χ4n) is 2.55. The number of rotatable bonds is 8. The molecular formula is C15H31N3O. The van der Waals surface area contributed by atoms with Gasteiger partial charge in [-0.2, -0.15) is 0 Å². The van der Waals surface area contributed by atoms with Gasteiger partial charge in [0, 0.05) is 19.0 Å². The molecule has 1 amide bonds. The number of hydrogen-bond acceptors (Lipinski definition) is 3. The first-order valence-corrected chi connectivity index (χ1v) is 7.84. The van der Waals surface area contributed by atoms with E-state index in [0.29, 0.717) is 6.42 Å². The van der Waals surface area contributed by atoms with Crippen LogP contribution in [0.2, 0.25) is 0 Å². The molecule has 0 aromatic rings. The van der Waals surface area contributed by atoms with Crippen molar-refractivity contribution in [3.63, 3.8) is 0 Å². The Kier molecular flexibility index (Phi) is 8.07. The third kappa shape index (κ3) is 7.53. The third-order valence-corrected chi connectivity index (χ3v) is 3.67. The summed E-state index contributed by atoms with van der Waals surface area (Å²) in [6, 6.07) is 0.253. The van der Waals surface area contributed by atoms with Crippen LogP contribution in [-0.4, -0.2) is 49.6 Å². The lowest BCUT2D eigenvalue weighted by atomic mass is 9.96. The van der Waals surface area contributed by atoms with E-state index in [1.54, 1.807) is 0 Å². The summed E-state index contributed by atoms with van der Waals surface area (Å²) in [6.07, 6.45) is 4.38. The lowest BCUT2D eigenvalue weighted by Gasteiger charge is -2.32. The van der Waals surface area contributed by atoms with E-state index in [1.807, 2.05) is 13.8 Å². The molecule has 1 rings (SSSR count). The molecule has 4 heteroatoms. The van der Waals surface area contributed by atoms with Gasteiger partial charge in [-0.25, -0.2) is 0 Å². The predicted molar refractivity (Wildman–Crippen MR) is 80.2 cm³/mol. The maximum Gasteiger partial charge on any atom is 0.221 e. The number of amides is 1. The Morgan fingerprint density at radius 2 is 2.00 bits per heavy atom. The zero-order chi connectivity index (χ0) is 14.1. The Morgan fingerprint density at radius 3 is 2.58 bits per heavy atom. The molecule has 1 aliphatic rings. The molecule has 4 nitrogen and oxygen atoms in total. The number of nitrogens with zero attached hydrogens (tertiary/aromatic N) is 1. The lowest BCUT2D eigenvalue weighted by Crippen LogP contribution is -2.40. The lowest BCUT2D eigenvalue weighted by molar-refractivity contribution is -0.122. The number of hydrogen-bond donors (Lipinski definition) is 2. The summed E-state index contributed by atoms with van der Waals surface area (Å²) in [5, 5.41) is 6.46. The molecule has 0 radical (unpaired) electrons. The summed E-state index contributed by atoms with van der Waals surface area (Å²) in [5.74, 6) is 1.01. The number of likely N-dealkylation sites (tertiary alicyclic amines) is 1. The fraction of sp³-hybridized carbons (Fsp3) is 0.933. The van der Waals surface area contributed by atoms with E-state index in [4.69, 9.17) is 0 Å². The number of piperidine rings is 1. The van der Waals surface area contributed by atoms with Gasteiger partial charge in [-0.05, 0) is 65.2 Å². The van der Waals surface area contributed by atoms with Gasteiger partial charge >= 0.3 is 0 Å². The van der Waals surface area contributed by atoms with Crippen molar-refractivity contribution in [2.75, 3.05) is 32.7 Å². The molecule has 2 N–H and O–H groups in total. The average Bonchev–Trinajstić information content (AvgIpc) is 2.37. The molecule has 0 aliphatic carbocycles. The first-order chi connectivity index (χ1) is 9.11. The second-order valence-corrected chi connectivity index (χ2v) is 5.96. The number of carbonyl (C=O) groups excluding carboxylic acids is 1. The quantitative estimate of drug-likeness (QED) is 0.658. The normalized spacial score (nSPS) is 17.9. The van der Waals surface area contributed by atoms with Crippen LogP contribution in [0.15, 0.2) is 0 Å². The Morgan fingerprint density at radius 1 is 1.32 bits per heavy atom. The SMILES string of the molecule is CCCNCC1CCN(CCC(=O)NC(C)C)CC1. The highest BCUT2D eigenvalue weighted by Gasteiger charge is 2.19. The van der Waals surface area contributed by atoms with Gasteiger partial charge < -0.3 is 15.5 Å². The maximum atomic E-state index is 11.6. The number of nitrogens with one attached hydrogen (secondary N) is 2. The van der Waals surface area contributed by atoms with Gasteiger partial charge in [0.25, 0.3) is 0 Å². The fourth-order valence-corrected chi connectivity index (χ4v) is 2.55. The second kappa shape index (κ2) is 9.32. The Balaban J connectivity index is 2.08. The molecule has 0 bridgehead atoms. The molecule has 0 aromatic heterocycles. The molecular weight excluding hydrogens is 238 g/mol. The van der Waals surface area contributed by atoms with Crippen molar-refractivity contribution < 1.29 is 4.79 Å². The van der Waals surface area contributed by atoms with Crippen LogP contribution in [-0.2, 0) is 4.79 Å². The summed E-state index contributed by atoms with van der Waals surface area (Å²) in [6.45, 7) is 11.7. The molecule has 1 aliphatic heterocycles. The standard InChI is InChI=1S/C15H31N3O/c1-4-8-16-12-14-5-9-18(10-6-14)11-7-15(19)17-13(2)3/h13-14,16H,4-12H2,1-3H3,(H,17,19). The molecule has 0 saturated carbocycles. The van der Waals surface area contributed by atoms with Crippen molar-refractivity contribution in [3.05, 3.63) is 0 Å². The van der Waals surface area contributed by atoms with Crippen molar-refractivity contribution in [2.45, 2.75) is 52.5 Å². The molecule has 0 spiro atoms. The van der Waals surface area contributed by atoms with E-state index in [1.165, 1.54) is 19.3 Å². The minimum absolute atomic E-state index is 0.182. The van der Waals surface area contributed by atoms with Crippen LogP contribution in [0.1, 0.15) is 46.5 Å². The molecule has 0 aromatic carbocycles. The van der Waals surface area contributed by atoms with Crippen molar-refractivity contribution >= 4 is 5.91 Å². The van der Waals surface area contributed by atoms with E-state index in [2.05, 4.69) is 22.5 Å². The van der Waals surface area contributed by atoms with E-state index < -0.39 is 0 Å². The monoisotopic (exact) mass is 269 g/mol. The van der Waals surface area contributed by atoms with Crippen LogP contribution in [0, 0.1) is 5.92 Å². The Hall–Kier alpha value is -0.610. The maximum absolute atomic E-state index is 11.6. The molecule has 0 atom stereocenters. The van der Waals surface area contributed by atoms with Crippen molar-refractivity contribution in [2.24, 2.45) is 5.92 Å². The van der Waals surface area contributed by atoms with Gasteiger partial charge in [0.05, 0.1) is 0 Å². The third-order valence-electron chi connectivity index (χ3n) is 3.67. The summed E-state index contributed by atoms with van der Waals surface area (Å²) in [5.41, 5.74) is 0. The van der Waals surface area contributed by atoms with Gasteiger partial charge in [-0.3, -0.25) is 4.79 Å². The molecule has 0 unspecified atom stereocenters. The first-order valence-electron chi connectivity index (χ1n) is 7.84. The second-order valence-electron chi connectivity index (χ2n) is 5.96. The van der Waals surface area contributed by atoms with E-state index in [-0.39, 0.29) is 11.9 Å². The predicted octanol–water partition coefficient (Wildman–Crippen LogP) is 1.61. The molecule has 1 heterocycles. The van der Waals surface area contributed by atoms with Crippen LogP contribution in [0.4, 0.5) is 0 Å². The van der Waals surface area contributed by atoms with Crippen molar-refractivity contribution in [1.82, 2.24) is 15.5 Å². The largest absolute Gasteiger partial charge is 0.354 e. The Bertz CT molecular complexity index is 248. The van der Waals surface area contributed by atoms with E-state index >= 15 is 0 Å². The first kappa shape index (κ1) is 16.4. The molecule has 1 fully saturated rings. The topological polar surface area (TPSA) is 44.4 Å². The molecule has 112 valence electrons. The minimum atomic E-state index is 0.182. The van der Waals surface area contributed by atoms with Crippen molar-refractivity contribution in [1.29, 1.82) is 0 Å². The van der Waals surface area contributed by atoms with E-state index in [0.717, 1.165) is 38.6 Å². The number of carbonyl (C=O) groups is 1. The van der Waals surface area contributed by atoms with E-state index in [9.17, 15) is 4.79 Å². The van der Waals surface area contributed by atoms with Gasteiger partial charge in [0.15, 0.2) is 0 Å². The van der Waals surface area contributed by atoms with Gasteiger partial charge in [0.2, 0.25) is 5.91 Å². The minimum Gasteiger partial charge on any atom is -0.354 e. The smallest absolute Gasteiger partial charge is 0.221 e. The van der Waals surface area contributed by atoms with Gasteiger partial charge in [-0.15, -0.1) is 0 Å². The highest BCUT2D eigenvalue weighted by Crippen LogP contribution is 2.16. The zero-order valence-electron chi connectivity index (χ0n) is 12.9. The van der Waals surface area contributed by atoms with Crippen LogP contribution in [0.3, 0.4) is 0 Å².